The van der Waals surface area contributed by atoms with Gasteiger partial charge >= 0.3 is 0 Å². The van der Waals surface area contributed by atoms with Crippen LogP contribution in [0.5, 0.6) is 5.75 Å². The van der Waals surface area contributed by atoms with Crippen molar-refractivity contribution in [2.75, 3.05) is 6.61 Å². The van der Waals surface area contributed by atoms with E-state index in [1.54, 1.807) is 24.5 Å². The van der Waals surface area contributed by atoms with E-state index in [4.69, 9.17) is 27.9 Å². The lowest BCUT2D eigenvalue weighted by molar-refractivity contribution is -0.123. The molecule has 0 spiro atoms. The number of nitrogens with one attached hydrogen (secondary N) is 1. The molecule has 1 N–H and O–H groups in total. The van der Waals surface area contributed by atoms with Crippen molar-refractivity contribution in [2.45, 2.75) is 6.54 Å². The van der Waals surface area contributed by atoms with Crippen LogP contribution in [0.15, 0.2) is 90.3 Å². The zero-order chi connectivity index (χ0) is 24.2. The highest BCUT2D eigenvalue weighted by atomic mass is 35.5. The van der Waals surface area contributed by atoms with Crippen molar-refractivity contribution >= 4 is 57.1 Å². The van der Waals surface area contributed by atoms with Gasteiger partial charge in [-0.3, -0.25) is 9.78 Å². The standard InChI is InChI=1S/C27H20Cl2N4O2/c28-22-11-10-18(13-23(22)29)15-33-16-20(21-7-1-2-8-24(21)33)14-31-32-26(34)17-35-25-9-3-5-19-6-4-12-30-27(19)25/h1-14,16H,15,17H2,(H,32,34)/b31-14+. The number of halogens is 2. The first-order valence-corrected chi connectivity index (χ1v) is 11.6. The van der Waals surface area contributed by atoms with E-state index < -0.39 is 0 Å². The zero-order valence-electron chi connectivity index (χ0n) is 18.5. The third kappa shape index (κ3) is 5.14. The number of rotatable bonds is 7. The minimum Gasteiger partial charge on any atom is -0.481 e. The van der Waals surface area contributed by atoms with Gasteiger partial charge in [-0.2, -0.15) is 5.10 Å². The van der Waals surface area contributed by atoms with Crippen LogP contribution in [0.25, 0.3) is 21.8 Å². The van der Waals surface area contributed by atoms with Crippen molar-refractivity contribution in [1.82, 2.24) is 15.0 Å². The number of fused-ring (bicyclic) bond motifs is 2. The van der Waals surface area contributed by atoms with Crippen LogP contribution >= 0.6 is 23.2 Å². The van der Waals surface area contributed by atoms with E-state index >= 15 is 0 Å². The second-order valence-corrected chi connectivity index (χ2v) is 8.71. The molecule has 35 heavy (non-hydrogen) atoms. The van der Waals surface area contributed by atoms with Crippen LogP contribution in [0.4, 0.5) is 0 Å². The quantitative estimate of drug-likeness (QED) is 0.216. The summed E-state index contributed by atoms with van der Waals surface area (Å²) in [5.74, 6) is 0.182. The molecule has 3 aromatic carbocycles. The van der Waals surface area contributed by atoms with Gasteiger partial charge in [0.1, 0.15) is 11.3 Å². The lowest BCUT2D eigenvalue weighted by Crippen LogP contribution is -2.24. The molecule has 2 heterocycles. The number of hydrogen-bond acceptors (Lipinski definition) is 4. The average molecular weight is 503 g/mol. The highest BCUT2D eigenvalue weighted by Gasteiger charge is 2.09. The van der Waals surface area contributed by atoms with Gasteiger partial charge in [-0.1, -0.05) is 65.7 Å². The number of ether oxygens (including phenoxy) is 1. The van der Waals surface area contributed by atoms with Gasteiger partial charge in [0.15, 0.2) is 6.61 Å². The van der Waals surface area contributed by atoms with Gasteiger partial charge in [0.25, 0.3) is 5.91 Å². The molecular formula is C27H20Cl2N4O2. The van der Waals surface area contributed by atoms with E-state index in [1.807, 2.05) is 66.9 Å². The van der Waals surface area contributed by atoms with E-state index in [1.165, 1.54) is 0 Å². The number of nitrogens with zero attached hydrogens (tertiary/aromatic N) is 3. The fraction of sp³-hybridized carbons (Fsp3) is 0.0741. The van der Waals surface area contributed by atoms with E-state index in [9.17, 15) is 4.79 Å². The topological polar surface area (TPSA) is 68.5 Å². The fourth-order valence-electron chi connectivity index (χ4n) is 3.89. The van der Waals surface area contributed by atoms with Crippen LogP contribution in [0.2, 0.25) is 10.0 Å². The zero-order valence-corrected chi connectivity index (χ0v) is 20.0. The summed E-state index contributed by atoms with van der Waals surface area (Å²) in [7, 11) is 0. The van der Waals surface area contributed by atoms with Gasteiger partial charge in [0.05, 0.1) is 16.3 Å². The van der Waals surface area contributed by atoms with Gasteiger partial charge in [-0.25, -0.2) is 5.43 Å². The molecule has 0 saturated carbocycles. The van der Waals surface area contributed by atoms with Crippen molar-refractivity contribution in [3.8, 4) is 5.75 Å². The predicted molar refractivity (Wildman–Crippen MR) is 140 cm³/mol. The van der Waals surface area contributed by atoms with Gasteiger partial charge < -0.3 is 9.30 Å². The molecule has 0 radical (unpaired) electrons. The van der Waals surface area contributed by atoms with Crippen LogP contribution in [0, 0.1) is 0 Å². The van der Waals surface area contributed by atoms with Crippen LogP contribution in [-0.4, -0.2) is 28.3 Å². The molecule has 0 atom stereocenters. The lowest BCUT2D eigenvalue weighted by Gasteiger charge is -2.07. The van der Waals surface area contributed by atoms with E-state index in [0.29, 0.717) is 27.9 Å². The number of carbonyl (C=O) groups excluding carboxylic acids is 1. The monoisotopic (exact) mass is 502 g/mol. The van der Waals surface area contributed by atoms with E-state index in [-0.39, 0.29) is 12.5 Å². The molecule has 2 aromatic heterocycles. The van der Waals surface area contributed by atoms with Crippen LogP contribution in [0.1, 0.15) is 11.1 Å². The number of hydrazone groups is 1. The van der Waals surface area contributed by atoms with Crippen molar-refractivity contribution in [3.63, 3.8) is 0 Å². The summed E-state index contributed by atoms with van der Waals surface area (Å²) in [5, 5.41) is 7.15. The Morgan fingerprint density at radius 2 is 1.89 bits per heavy atom. The summed E-state index contributed by atoms with van der Waals surface area (Å²) in [4.78, 5) is 16.6. The second kappa shape index (κ2) is 10.2. The summed E-state index contributed by atoms with van der Waals surface area (Å²) >= 11 is 12.2. The van der Waals surface area contributed by atoms with Gasteiger partial charge in [-0.05, 0) is 35.9 Å². The predicted octanol–water partition coefficient (Wildman–Crippen LogP) is 6.07. The molecule has 8 heteroatoms. The van der Waals surface area contributed by atoms with Crippen LogP contribution < -0.4 is 10.2 Å². The average Bonchev–Trinajstić information content (AvgIpc) is 3.22. The normalized spacial score (nSPS) is 11.4. The molecule has 5 aromatic rings. The third-order valence-corrected chi connectivity index (χ3v) is 6.24. The number of aromatic nitrogens is 2. The Balaban J connectivity index is 1.27. The molecule has 1 amide bonds. The molecule has 6 nitrogen and oxygen atoms in total. The Morgan fingerprint density at radius 1 is 1.03 bits per heavy atom. The van der Waals surface area contributed by atoms with Gasteiger partial charge in [0, 0.05) is 40.8 Å². The Bertz CT molecular complexity index is 1560. The maximum atomic E-state index is 12.3. The molecule has 174 valence electrons. The summed E-state index contributed by atoms with van der Waals surface area (Å²) in [6.45, 7) is 0.441. The maximum Gasteiger partial charge on any atom is 0.277 e. The Kier molecular flexibility index (Phi) is 6.66. The first kappa shape index (κ1) is 22.9. The molecule has 0 aliphatic heterocycles. The first-order valence-electron chi connectivity index (χ1n) is 10.9. The molecular weight excluding hydrogens is 483 g/mol. The highest BCUT2D eigenvalue weighted by Crippen LogP contribution is 2.26. The minimum absolute atomic E-state index is 0.174. The molecule has 0 aliphatic rings. The number of benzene rings is 3. The van der Waals surface area contributed by atoms with Crippen molar-refractivity contribution in [3.05, 3.63) is 106 Å². The van der Waals surface area contributed by atoms with Crippen molar-refractivity contribution in [1.29, 1.82) is 0 Å². The smallest absolute Gasteiger partial charge is 0.277 e. The number of carbonyl (C=O) groups is 1. The Hall–Kier alpha value is -3.87. The fourth-order valence-corrected chi connectivity index (χ4v) is 4.21. The van der Waals surface area contributed by atoms with E-state index in [0.717, 1.165) is 27.4 Å². The molecule has 0 aliphatic carbocycles. The van der Waals surface area contributed by atoms with Crippen LogP contribution in [-0.2, 0) is 11.3 Å². The van der Waals surface area contributed by atoms with Gasteiger partial charge in [0.2, 0.25) is 0 Å². The molecule has 0 bridgehead atoms. The second-order valence-electron chi connectivity index (χ2n) is 7.89. The molecule has 0 unspecified atom stereocenters. The summed E-state index contributed by atoms with van der Waals surface area (Å²) in [6.07, 6.45) is 5.31. The number of hydrogen-bond donors (Lipinski definition) is 1. The Morgan fingerprint density at radius 3 is 2.77 bits per heavy atom. The third-order valence-electron chi connectivity index (χ3n) is 5.50. The lowest BCUT2D eigenvalue weighted by atomic mass is 10.2. The summed E-state index contributed by atoms with van der Waals surface area (Å²) in [6, 6.07) is 23.0. The summed E-state index contributed by atoms with van der Waals surface area (Å²) in [5.41, 5.74) is 6.18. The first-order chi connectivity index (χ1) is 17.1. The number of pyridine rings is 1. The molecule has 0 fully saturated rings. The minimum atomic E-state index is -0.367. The number of amides is 1. The van der Waals surface area contributed by atoms with Gasteiger partial charge in [-0.15, -0.1) is 0 Å². The van der Waals surface area contributed by atoms with Crippen LogP contribution in [0.3, 0.4) is 0 Å². The van der Waals surface area contributed by atoms with E-state index in [2.05, 4.69) is 20.1 Å². The maximum absolute atomic E-state index is 12.3. The Labute approximate surface area is 211 Å². The van der Waals surface area contributed by atoms with Crippen molar-refractivity contribution < 1.29 is 9.53 Å². The van der Waals surface area contributed by atoms with Crippen molar-refractivity contribution in [2.24, 2.45) is 5.10 Å². The summed E-state index contributed by atoms with van der Waals surface area (Å²) < 4.78 is 7.78. The largest absolute Gasteiger partial charge is 0.481 e. The SMILES string of the molecule is O=C(COc1cccc2cccnc12)N/N=C/c1cn(Cc2ccc(Cl)c(Cl)c2)c2ccccc12. The molecule has 0 saturated heterocycles. The highest BCUT2D eigenvalue weighted by molar-refractivity contribution is 6.42. The number of para-hydroxylation sites is 2. The molecule has 5 rings (SSSR count).